The minimum atomic E-state index is -0.653. The highest BCUT2D eigenvalue weighted by molar-refractivity contribution is 5.11. The van der Waals surface area contributed by atoms with Gasteiger partial charge >= 0.3 is 0 Å². The largest absolute Gasteiger partial charge is 0.390 e. The number of aliphatic hydroxyl groups is 1. The molecule has 0 saturated heterocycles. The minimum absolute atomic E-state index is 0.248. The van der Waals surface area contributed by atoms with Crippen molar-refractivity contribution in [3.05, 3.63) is 17.5 Å². The molecule has 1 aromatic heterocycles. The molecule has 1 aromatic rings. The van der Waals surface area contributed by atoms with Crippen LogP contribution in [0, 0.1) is 12.8 Å². The SMILES string of the molecule is CCn1nc(C)cc1CC(C)(O)C(C)C. The van der Waals surface area contributed by atoms with Crippen LogP contribution in [0.4, 0.5) is 0 Å². The summed E-state index contributed by atoms with van der Waals surface area (Å²) in [5.74, 6) is 0.248. The summed E-state index contributed by atoms with van der Waals surface area (Å²) in [4.78, 5) is 0. The highest BCUT2D eigenvalue weighted by Crippen LogP contribution is 2.22. The van der Waals surface area contributed by atoms with E-state index in [0.717, 1.165) is 17.9 Å². The lowest BCUT2D eigenvalue weighted by molar-refractivity contribution is 0.0121. The third kappa shape index (κ3) is 2.81. The van der Waals surface area contributed by atoms with E-state index in [1.54, 1.807) is 0 Å². The zero-order valence-electron chi connectivity index (χ0n) is 10.4. The molecule has 1 rings (SSSR count). The van der Waals surface area contributed by atoms with Gasteiger partial charge < -0.3 is 5.11 Å². The van der Waals surface area contributed by atoms with Crippen molar-refractivity contribution in [1.29, 1.82) is 0 Å². The van der Waals surface area contributed by atoms with Crippen LogP contribution in [-0.4, -0.2) is 20.5 Å². The summed E-state index contributed by atoms with van der Waals surface area (Å²) in [5.41, 5.74) is 1.49. The Labute approximate surface area is 92.1 Å². The Morgan fingerprint density at radius 1 is 1.53 bits per heavy atom. The normalized spacial score (nSPS) is 15.7. The number of rotatable bonds is 4. The first-order valence-electron chi connectivity index (χ1n) is 5.62. The van der Waals surface area contributed by atoms with Crippen molar-refractivity contribution in [2.24, 2.45) is 5.92 Å². The lowest BCUT2D eigenvalue weighted by atomic mass is 9.88. The Morgan fingerprint density at radius 3 is 2.60 bits per heavy atom. The highest BCUT2D eigenvalue weighted by atomic mass is 16.3. The molecule has 0 aliphatic carbocycles. The molecule has 3 heteroatoms. The van der Waals surface area contributed by atoms with Gasteiger partial charge in [-0.2, -0.15) is 5.10 Å². The maximum atomic E-state index is 10.2. The second kappa shape index (κ2) is 4.35. The molecule has 0 radical (unpaired) electrons. The highest BCUT2D eigenvalue weighted by Gasteiger charge is 2.26. The fourth-order valence-corrected chi connectivity index (χ4v) is 1.59. The van der Waals surface area contributed by atoms with Crippen LogP contribution in [0.2, 0.25) is 0 Å². The predicted octanol–water partition coefficient (Wildman–Crippen LogP) is 2.16. The van der Waals surface area contributed by atoms with Gasteiger partial charge in [-0.1, -0.05) is 13.8 Å². The molecule has 0 spiro atoms. The van der Waals surface area contributed by atoms with E-state index in [-0.39, 0.29) is 5.92 Å². The van der Waals surface area contributed by atoms with Crippen LogP contribution < -0.4 is 0 Å². The van der Waals surface area contributed by atoms with Gasteiger partial charge in [-0.25, -0.2) is 0 Å². The van der Waals surface area contributed by atoms with E-state index >= 15 is 0 Å². The van der Waals surface area contributed by atoms with Crippen molar-refractivity contribution in [3.63, 3.8) is 0 Å². The summed E-state index contributed by atoms with van der Waals surface area (Å²) >= 11 is 0. The fourth-order valence-electron chi connectivity index (χ4n) is 1.59. The average molecular weight is 210 g/mol. The van der Waals surface area contributed by atoms with Gasteiger partial charge in [-0.3, -0.25) is 4.68 Å². The Kier molecular flexibility index (Phi) is 3.55. The molecule has 1 unspecified atom stereocenters. The number of aromatic nitrogens is 2. The van der Waals surface area contributed by atoms with Gasteiger partial charge in [0, 0.05) is 18.7 Å². The van der Waals surface area contributed by atoms with E-state index in [0.29, 0.717) is 6.42 Å². The second-order valence-corrected chi connectivity index (χ2v) is 4.78. The van der Waals surface area contributed by atoms with Gasteiger partial charge in [-0.05, 0) is 32.8 Å². The van der Waals surface area contributed by atoms with E-state index in [9.17, 15) is 5.11 Å². The van der Waals surface area contributed by atoms with E-state index in [1.807, 2.05) is 32.4 Å². The number of aryl methyl sites for hydroxylation is 2. The molecular weight excluding hydrogens is 188 g/mol. The van der Waals surface area contributed by atoms with E-state index < -0.39 is 5.60 Å². The molecule has 86 valence electrons. The minimum Gasteiger partial charge on any atom is -0.390 e. The van der Waals surface area contributed by atoms with E-state index in [2.05, 4.69) is 18.1 Å². The number of hydrogen-bond donors (Lipinski definition) is 1. The molecule has 0 aliphatic heterocycles. The summed E-state index contributed by atoms with van der Waals surface area (Å²) < 4.78 is 1.96. The summed E-state index contributed by atoms with van der Waals surface area (Å²) in [6.45, 7) is 10.9. The molecule has 3 nitrogen and oxygen atoms in total. The van der Waals surface area contributed by atoms with Gasteiger partial charge in [0.1, 0.15) is 0 Å². The summed E-state index contributed by atoms with van der Waals surface area (Å²) in [7, 11) is 0. The van der Waals surface area contributed by atoms with Crippen LogP contribution in [-0.2, 0) is 13.0 Å². The molecule has 1 atom stereocenters. The Balaban J connectivity index is 2.88. The molecule has 0 amide bonds. The van der Waals surface area contributed by atoms with Gasteiger partial charge in [0.25, 0.3) is 0 Å². The van der Waals surface area contributed by atoms with Gasteiger partial charge in [0.2, 0.25) is 0 Å². The van der Waals surface area contributed by atoms with Gasteiger partial charge in [0.05, 0.1) is 11.3 Å². The number of nitrogens with zero attached hydrogens (tertiary/aromatic N) is 2. The molecule has 0 aromatic carbocycles. The zero-order chi connectivity index (χ0) is 11.6. The lowest BCUT2D eigenvalue weighted by Gasteiger charge is -2.27. The maximum Gasteiger partial charge on any atom is 0.0697 e. The van der Waals surface area contributed by atoms with E-state index in [4.69, 9.17) is 0 Å². The Bertz CT molecular complexity index is 326. The van der Waals surface area contributed by atoms with Crippen molar-refractivity contribution < 1.29 is 5.11 Å². The molecule has 15 heavy (non-hydrogen) atoms. The van der Waals surface area contributed by atoms with E-state index in [1.165, 1.54) is 0 Å². The first-order valence-corrected chi connectivity index (χ1v) is 5.62. The maximum absolute atomic E-state index is 10.2. The monoisotopic (exact) mass is 210 g/mol. The summed E-state index contributed by atoms with van der Waals surface area (Å²) in [6, 6.07) is 2.06. The summed E-state index contributed by atoms with van der Waals surface area (Å²) in [6.07, 6.45) is 0.666. The van der Waals surface area contributed by atoms with Crippen LogP contribution in [0.1, 0.15) is 39.1 Å². The molecule has 0 bridgehead atoms. The average Bonchev–Trinajstić information content (AvgIpc) is 2.44. The molecule has 0 fully saturated rings. The van der Waals surface area contributed by atoms with Crippen molar-refractivity contribution >= 4 is 0 Å². The third-order valence-corrected chi connectivity index (χ3v) is 3.07. The van der Waals surface area contributed by atoms with Crippen LogP contribution in [0.25, 0.3) is 0 Å². The van der Waals surface area contributed by atoms with Crippen molar-refractivity contribution in [3.8, 4) is 0 Å². The Morgan fingerprint density at radius 2 is 2.13 bits per heavy atom. The van der Waals surface area contributed by atoms with Crippen LogP contribution in [0.15, 0.2) is 6.07 Å². The smallest absolute Gasteiger partial charge is 0.0697 e. The van der Waals surface area contributed by atoms with Crippen LogP contribution >= 0.6 is 0 Å². The van der Waals surface area contributed by atoms with Crippen molar-refractivity contribution in [1.82, 2.24) is 9.78 Å². The van der Waals surface area contributed by atoms with Crippen LogP contribution in [0.5, 0.6) is 0 Å². The molecule has 0 aliphatic rings. The molecule has 1 N–H and O–H groups in total. The Hall–Kier alpha value is -0.830. The first kappa shape index (κ1) is 12.2. The van der Waals surface area contributed by atoms with Crippen molar-refractivity contribution in [2.45, 2.75) is 53.2 Å². The molecular formula is C12H22N2O. The van der Waals surface area contributed by atoms with Gasteiger partial charge in [0.15, 0.2) is 0 Å². The topological polar surface area (TPSA) is 38.0 Å². The predicted molar refractivity (Wildman–Crippen MR) is 61.8 cm³/mol. The molecule has 1 heterocycles. The molecule has 0 saturated carbocycles. The summed E-state index contributed by atoms with van der Waals surface area (Å²) in [5, 5.41) is 14.6. The van der Waals surface area contributed by atoms with Crippen LogP contribution in [0.3, 0.4) is 0 Å². The zero-order valence-corrected chi connectivity index (χ0v) is 10.4. The van der Waals surface area contributed by atoms with Crippen molar-refractivity contribution in [2.75, 3.05) is 0 Å². The standard InChI is InChI=1S/C12H22N2O/c1-6-14-11(7-10(4)13-14)8-12(5,15)9(2)3/h7,9,15H,6,8H2,1-5H3. The quantitative estimate of drug-likeness (QED) is 0.827. The fraction of sp³-hybridized carbons (Fsp3) is 0.750. The second-order valence-electron chi connectivity index (χ2n) is 4.78. The first-order chi connectivity index (χ1) is 6.86. The third-order valence-electron chi connectivity index (χ3n) is 3.07. The lowest BCUT2D eigenvalue weighted by Crippen LogP contribution is -2.34. The van der Waals surface area contributed by atoms with Gasteiger partial charge in [-0.15, -0.1) is 0 Å². The number of hydrogen-bond acceptors (Lipinski definition) is 2.